The number of nitrogens with zero attached hydrogens (tertiary/aromatic N) is 1. The topological polar surface area (TPSA) is 75.7 Å². The zero-order chi connectivity index (χ0) is 21.4. The van der Waals surface area contributed by atoms with Crippen molar-refractivity contribution in [1.29, 1.82) is 0 Å². The van der Waals surface area contributed by atoms with Gasteiger partial charge in [-0.15, -0.1) is 0 Å². The molecule has 1 heterocycles. The number of aryl methyl sites for hydroxylation is 1. The van der Waals surface area contributed by atoms with E-state index in [-0.39, 0.29) is 23.4 Å². The van der Waals surface area contributed by atoms with Gasteiger partial charge in [0.05, 0.1) is 17.5 Å². The van der Waals surface area contributed by atoms with Crippen LogP contribution in [0.4, 0.5) is 0 Å². The van der Waals surface area contributed by atoms with Crippen LogP contribution in [0.5, 0.6) is 5.75 Å². The lowest BCUT2D eigenvalue weighted by molar-refractivity contribution is -0.122. The molecule has 1 aliphatic heterocycles. The van der Waals surface area contributed by atoms with Gasteiger partial charge in [-0.1, -0.05) is 29.3 Å². The molecule has 0 bridgehead atoms. The third kappa shape index (κ3) is 4.91. The van der Waals surface area contributed by atoms with Crippen LogP contribution in [0.1, 0.15) is 37.4 Å². The fourth-order valence-corrected chi connectivity index (χ4v) is 4.67. The predicted octanol–water partition coefficient (Wildman–Crippen LogP) is 3.69. The molecule has 0 aliphatic carbocycles. The number of nitrogens with one attached hydrogen (secondary N) is 1. The molecule has 1 atom stereocenters. The molecule has 0 saturated carbocycles. The summed E-state index contributed by atoms with van der Waals surface area (Å²) in [7, 11) is -2.41. The van der Waals surface area contributed by atoms with E-state index in [4.69, 9.17) is 16.3 Å². The van der Waals surface area contributed by atoms with Crippen molar-refractivity contribution >= 4 is 27.5 Å². The molecule has 6 nitrogen and oxygen atoms in total. The van der Waals surface area contributed by atoms with Gasteiger partial charge in [0, 0.05) is 24.1 Å². The average Bonchev–Trinajstić information content (AvgIpc) is 2.62. The van der Waals surface area contributed by atoms with Gasteiger partial charge < -0.3 is 10.1 Å². The first-order chi connectivity index (χ1) is 13.5. The summed E-state index contributed by atoms with van der Waals surface area (Å²) < 4.78 is 32.5. The average molecular weight is 437 g/mol. The zero-order valence-electron chi connectivity index (χ0n) is 16.9. The van der Waals surface area contributed by atoms with Crippen LogP contribution in [0.15, 0.2) is 47.4 Å². The first kappa shape index (κ1) is 21.6. The Kier molecular flexibility index (Phi) is 5.94. The van der Waals surface area contributed by atoms with Crippen molar-refractivity contribution in [3.05, 3.63) is 58.6 Å². The highest BCUT2D eigenvalue weighted by molar-refractivity contribution is 7.89. The number of halogens is 1. The molecule has 0 unspecified atom stereocenters. The minimum absolute atomic E-state index is 0.0883. The molecule has 1 aliphatic rings. The summed E-state index contributed by atoms with van der Waals surface area (Å²) in [6.45, 7) is 5.62. The number of ether oxygens (including phenoxy) is 1. The summed E-state index contributed by atoms with van der Waals surface area (Å²) >= 11 is 5.83. The SMILES string of the molecule is Cc1ccc2c(c1)[C@@H](NC(=O)CN(C)S(=O)(=O)c1ccc(Cl)cc1)CC(C)(C)O2. The van der Waals surface area contributed by atoms with E-state index in [1.807, 2.05) is 39.0 Å². The summed E-state index contributed by atoms with van der Waals surface area (Å²) in [6.07, 6.45) is 0.586. The van der Waals surface area contributed by atoms with E-state index in [0.29, 0.717) is 11.4 Å². The Balaban J connectivity index is 1.75. The van der Waals surface area contributed by atoms with Gasteiger partial charge in [-0.2, -0.15) is 4.31 Å². The highest BCUT2D eigenvalue weighted by atomic mass is 35.5. The van der Waals surface area contributed by atoms with Crippen LogP contribution in [-0.2, 0) is 14.8 Å². The molecule has 1 amide bonds. The molecule has 156 valence electrons. The number of hydrogen-bond donors (Lipinski definition) is 1. The van der Waals surface area contributed by atoms with E-state index in [2.05, 4.69) is 5.32 Å². The minimum atomic E-state index is -3.79. The van der Waals surface area contributed by atoms with Crippen molar-refractivity contribution in [2.75, 3.05) is 13.6 Å². The van der Waals surface area contributed by atoms with Crippen molar-refractivity contribution in [3.63, 3.8) is 0 Å². The van der Waals surface area contributed by atoms with Gasteiger partial charge in [0.2, 0.25) is 15.9 Å². The van der Waals surface area contributed by atoms with Gasteiger partial charge in [0.25, 0.3) is 0 Å². The van der Waals surface area contributed by atoms with E-state index in [0.717, 1.165) is 21.2 Å². The molecule has 2 aromatic rings. The maximum absolute atomic E-state index is 12.7. The summed E-state index contributed by atoms with van der Waals surface area (Å²) in [5, 5.41) is 3.42. The van der Waals surface area contributed by atoms with Gasteiger partial charge in [-0.25, -0.2) is 8.42 Å². The number of likely N-dealkylation sites (N-methyl/N-ethyl adjacent to an activating group) is 1. The van der Waals surface area contributed by atoms with E-state index in [1.54, 1.807) is 0 Å². The number of fused-ring (bicyclic) bond motifs is 1. The third-order valence-corrected chi connectivity index (χ3v) is 6.92. The highest BCUT2D eigenvalue weighted by Crippen LogP contribution is 2.39. The molecule has 0 aromatic heterocycles. The summed E-state index contributed by atoms with van der Waals surface area (Å²) in [6, 6.07) is 11.5. The number of rotatable bonds is 5. The van der Waals surface area contributed by atoms with Crippen LogP contribution in [0.25, 0.3) is 0 Å². The molecule has 0 radical (unpaired) electrons. The minimum Gasteiger partial charge on any atom is -0.487 e. The van der Waals surface area contributed by atoms with Crippen molar-refractivity contribution < 1.29 is 17.9 Å². The van der Waals surface area contributed by atoms with Crippen LogP contribution in [0.2, 0.25) is 5.02 Å². The molecule has 0 spiro atoms. The van der Waals surface area contributed by atoms with Crippen molar-refractivity contribution in [2.45, 2.75) is 43.7 Å². The number of amides is 1. The Morgan fingerprint density at radius 1 is 1.24 bits per heavy atom. The quantitative estimate of drug-likeness (QED) is 0.775. The lowest BCUT2D eigenvalue weighted by Crippen LogP contribution is -2.44. The Labute approximate surface area is 176 Å². The third-order valence-electron chi connectivity index (χ3n) is 4.85. The Bertz CT molecular complexity index is 1020. The van der Waals surface area contributed by atoms with Gasteiger partial charge in [-0.3, -0.25) is 4.79 Å². The summed E-state index contributed by atoms with van der Waals surface area (Å²) in [5.74, 6) is 0.361. The Morgan fingerprint density at radius 2 is 1.90 bits per heavy atom. The van der Waals surface area contributed by atoms with Gasteiger partial charge in [0.15, 0.2) is 0 Å². The highest BCUT2D eigenvalue weighted by Gasteiger charge is 2.35. The Morgan fingerprint density at radius 3 is 2.55 bits per heavy atom. The molecule has 1 N–H and O–H groups in total. The zero-order valence-corrected chi connectivity index (χ0v) is 18.5. The number of benzene rings is 2. The molecule has 0 fully saturated rings. The normalized spacial score (nSPS) is 18.1. The van der Waals surface area contributed by atoms with Gasteiger partial charge in [0.1, 0.15) is 11.4 Å². The van der Waals surface area contributed by atoms with Gasteiger partial charge in [-0.05, 0) is 51.1 Å². The van der Waals surface area contributed by atoms with Crippen molar-refractivity contribution in [2.24, 2.45) is 0 Å². The molecule has 0 saturated heterocycles. The maximum Gasteiger partial charge on any atom is 0.243 e. The van der Waals surface area contributed by atoms with E-state index >= 15 is 0 Å². The van der Waals surface area contributed by atoms with Crippen molar-refractivity contribution in [1.82, 2.24) is 9.62 Å². The second-order valence-electron chi connectivity index (χ2n) is 7.94. The van der Waals surface area contributed by atoms with Crippen LogP contribution < -0.4 is 10.1 Å². The first-order valence-corrected chi connectivity index (χ1v) is 11.1. The fourth-order valence-electron chi connectivity index (χ4n) is 3.42. The lowest BCUT2D eigenvalue weighted by atomic mass is 9.89. The smallest absolute Gasteiger partial charge is 0.243 e. The van der Waals surface area contributed by atoms with Crippen LogP contribution in [-0.4, -0.2) is 37.8 Å². The summed E-state index contributed by atoms with van der Waals surface area (Å²) in [5.41, 5.74) is 1.52. The molecule has 3 rings (SSSR count). The summed E-state index contributed by atoms with van der Waals surface area (Å²) in [4.78, 5) is 12.8. The largest absolute Gasteiger partial charge is 0.487 e. The number of hydrogen-bond acceptors (Lipinski definition) is 4. The second kappa shape index (κ2) is 7.97. The van der Waals surface area contributed by atoms with Crippen LogP contribution >= 0.6 is 11.6 Å². The predicted molar refractivity (Wildman–Crippen MR) is 113 cm³/mol. The van der Waals surface area contributed by atoms with E-state index < -0.39 is 15.6 Å². The number of carbonyl (C=O) groups is 1. The molecular weight excluding hydrogens is 412 g/mol. The number of sulfonamides is 1. The van der Waals surface area contributed by atoms with Crippen molar-refractivity contribution in [3.8, 4) is 5.75 Å². The first-order valence-electron chi connectivity index (χ1n) is 9.29. The number of carbonyl (C=O) groups excluding carboxylic acids is 1. The van der Waals surface area contributed by atoms with Gasteiger partial charge >= 0.3 is 0 Å². The van der Waals surface area contributed by atoms with E-state index in [1.165, 1.54) is 31.3 Å². The molecule has 29 heavy (non-hydrogen) atoms. The van der Waals surface area contributed by atoms with E-state index in [9.17, 15) is 13.2 Å². The fraction of sp³-hybridized carbons (Fsp3) is 0.381. The van der Waals surface area contributed by atoms with Crippen LogP contribution in [0, 0.1) is 6.92 Å². The molecule has 2 aromatic carbocycles. The standard InChI is InChI=1S/C21H25ClN2O4S/c1-14-5-10-19-17(11-14)18(12-21(2,3)28-19)23-20(25)13-24(4)29(26,27)16-8-6-15(22)7-9-16/h5-11,18H,12-13H2,1-4H3,(H,23,25)/t18-/m0/s1. The molecule has 8 heteroatoms. The Hall–Kier alpha value is -2.09. The lowest BCUT2D eigenvalue weighted by Gasteiger charge is -2.38. The maximum atomic E-state index is 12.7. The molecular formula is C21H25ClN2O4S. The van der Waals surface area contributed by atoms with Crippen LogP contribution in [0.3, 0.4) is 0 Å². The second-order valence-corrected chi connectivity index (χ2v) is 10.4. The monoisotopic (exact) mass is 436 g/mol.